The summed E-state index contributed by atoms with van der Waals surface area (Å²) in [4.78, 5) is 21.7. The molecule has 0 aliphatic heterocycles. The van der Waals surface area contributed by atoms with Gasteiger partial charge in [-0.2, -0.15) is 0 Å². The summed E-state index contributed by atoms with van der Waals surface area (Å²) in [5, 5.41) is 3.45. The van der Waals surface area contributed by atoms with Gasteiger partial charge in [-0.25, -0.2) is 4.98 Å². The van der Waals surface area contributed by atoms with Crippen LogP contribution in [-0.4, -0.2) is 15.9 Å². The van der Waals surface area contributed by atoms with Crippen molar-refractivity contribution in [3.63, 3.8) is 0 Å². The number of hydrogen-bond donors (Lipinski definition) is 1. The quantitative estimate of drug-likeness (QED) is 0.793. The zero-order valence-electron chi connectivity index (χ0n) is 12.3. The number of amides is 1. The molecule has 1 amide bonds. The molecule has 0 radical (unpaired) electrons. The van der Waals surface area contributed by atoms with Crippen LogP contribution in [0.1, 0.15) is 20.8 Å². The van der Waals surface area contributed by atoms with E-state index in [2.05, 4.69) is 34.3 Å². The van der Waals surface area contributed by atoms with Gasteiger partial charge in [-0.05, 0) is 26.0 Å². The maximum atomic E-state index is 12.1. The first kappa shape index (κ1) is 14.4. The molecule has 110 valence electrons. The monoisotopic (exact) mass is 309 g/mol. The van der Waals surface area contributed by atoms with Crippen molar-refractivity contribution in [3.8, 4) is 11.3 Å². The highest BCUT2D eigenvalue weighted by Gasteiger charge is 2.13. The van der Waals surface area contributed by atoms with Gasteiger partial charge in [-0.3, -0.25) is 15.1 Å². The van der Waals surface area contributed by atoms with Crippen molar-refractivity contribution in [2.45, 2.75) is 13.8 Å². The summed E-state index contributed by atoms with van der Waals surface area (Å²) in [5.41, 5.74) is 3.75. The summed E-state index contributed by atoms with van der Waals surface area (Å²) in [6.45, 7) is 4.06. The molecule has 0 fully saturated rings. The second-order valence-electron chi connectivity index (χ2n) is 4.98. The Morgan fingerprint density at radius 1 is 1.05 bits per heavy atom. The van der Waals surface area contributed by atoms with Crippen molar-refractivity contribution in [2.24, 2.45) is 0 Å². The Bertz CT molecular complexity index is 795. The average molecular weight is 309 g/mol. The number of pyridine rings is 1. The predicted octanol–water partition coefficient (Wildman–Crippen LogP) is 4.07. The Morgan fingerprint density at radius 2 is 1.73 bits per heavy atom. The van der Waals surface area contributed by atoms with Crippen LogP contribution in [0.3, 0.4) is 0 Å². The molecule has 4 nitrogen and oxygen atoms in total. The first-order valence-corrected chi connectivity index (χ1v) is 7.71. The van der Waals surface area contributed by atoms with Crippen LogP contribution in [0.4, 0.5) is 5.13 Å². The van der Waals surface area contributed by atoms with Crippen LogP contribution in [0.15, 0.2) is 48.8 Å². The normalized spacial score (nSPS) is 10.5. The molecule has 1 aromatic carbocycles. The minimum absolute atomic E-state index is 0.174. The van der Waals surface area contributed by atoms with E-state index in [0.29, 0.717) is 10.7 Å². The van der Waals surface area contributed by atoms with Gasteiger partial charge in [-0.1, -0.05) is 29.8 Å². The third-order valence-corrected chi connectivity index (χ3v) is 4.17. The number of benzene rings is 1. The average Bonchev–Trinajstić information content (AvgIpc) is 2.89. The molecular formula is C17H15N3OS. The Kier molecular flexibility index (Phi) is 3.98. The number of nitrogens with one attached hydrogen (secondary N) is 1. The van der Waals surface area contributed by atoms with E-state index in [1.807, 2.05) is 19.1 Å². The van der Waals surface area contributed by atoms with Crippen molar-refractivity contribution in [1.82, 2.24) is 9.97 Å². The van der Waals surface area contributed by atoms with Gasteiger partial charge in [0.25, 0.3) is 5.91 Å². The molecule has 0 bridgehead atoms. The zero-order valence-corrected chi connectivity index (χ0v) is 13.1. The molecule has 0 spiro atoms. The second kappa shape index (κ2) is 6.07. The SMILES string of the molecule is Cc1ccc(-c2nc(NC(=O)c3ccncc3)sc2C)cc1. The van der Waals surface area contributed by atoms with E-state index in [1.165, 1.54) is 16.9 Å². The molecule has 2 aromatic heterocycles. The molecule has 22 heavy (non-hydrogen) atoms. The Labute approximate surface area is 132 Å². The maximum Gasteiger partial charge on any atom is 0.257 e. The molecule has 0 atom stereocenters. The number of thiazole rings is 1. The molecule has 0 unspecified atom stereocenters. The largest absolute Gasteiger partial charge is 0.298 e. The summed E-state index contributed by atoms with van der Waals surface area (Å²) in [5.74, 6) is -0.174. The van der Waals surface area contributed by atoms with E-state index in [4.69, 9.17) is 0 Å². The van der Waals surface area contributed by atoms with E-state index >= 15 is 0 Å². The summed E-state index contributed by atoms with van der Waals surface area (Å²) in [6, 6.07) is 11.6. The van der Waals surface area contributed by atoms with Crippen molar-refractivity contribution >= 4 is 22.4 Å². The van der Waals surface area contributed by atoms with Crippen LogP contribution >= 0.6 is 11.3 Å². The summed E-state index contributed by atoms with van der Waals surface area (Å²) >= 11 is 1.48. The predicted molar refractivity (Wildman–Crippen MR) is 89.2 cm³/mol. The molecule has 3 aromatic rings. The number of aryl methyl sites for hydroxylation is 2. The molecular weight excluding hydrogens is 294 g/mol. The van der Waals surface area contributed by atoms with Crippen LogP contribution in [0.25, 0.3) is 11.3 Å². The first-order chi connectivity index (χ1) is 10.6. The van der Waals surface area contributed by atoms with Crippen molar-refractivity contribution in [1.29, 1.82) is 0 Å². The molecule has 3 rings (SSSR count). The van der Waals surface area contributed by atoms with E-state index in [1.54, 1.807) is 24.5 Å². The fourth-order valence-corrected chi connectivity index (χ4v) is 2.93. The van der Waals surface area contributed by atoms with Gasteiger partial charge in [0.1, 0.15) is 0 Å². The van der Waals surface area contributed by atoms with Gasteiger partial charge in [0, 0.05) is 28.4 Å². The van der Waals surface area contributed by atoms with E-state index in [0.717, 1.165) is 16.1 Å². The van der Waals surface area contributed by atoms with Gasteiger partial charge < -0.3 is 0 Å². The lowest BCUT2D eigenvalue weighted by Crippen LogP contribution is -2.11. The van der Waals surface area contributed by atoms with Crippen LogP contribution in [0.2, 0.25) is 0 Å². The molecule has 0 aliphatic carbocycles. The summed E-state index contributed by atoms with van der Waals surface area (Å²) in [6.07, 6.45) is 3.19. The van der Waals surface area contributed by atoms with Gasteiger partial charge in [0.15, 0.2) is 5.13 Å². The number of hydrogen-bond acceptors (Lipinski definition) is 4. The van der Waals surface area contributed by atoms with E-state index in [9.17, 15) is 4.79 Å². The number of anilines is 1. The van der Waals surface area contributed by atoms with Crippen molar-refractivity contribution in [2.75, 3.05) is 5.32 Å². The molecule has 0 saturated carbocycles. The Morgan fingerprint density at radius 3 is 2.41 bits per heavy atom. The highest BCUT2D eigenvalue weighted by Crippen LogP contribution is 2.30. The lowest BCUT2D eigenvalue weighted by atomic mass is 10.1. The molecule has 0 saturated heterocycles. The second-order valence-corrected chi connectivity index (χ2v) is 6.18. The molecule has 5 heteroatoms. The minimum atomic E-state index is -0.174. The third kappa shape index (κ3) is 3.04. The number of aromatic nitrogens is 2. The third-order valence-electron chi connectivity index (χ3n) is 3.28. The first-order valence-electron chi connectivity index (χ1n) is 6.89. The summed E-state index contributed by atoms with van der Waals surface area (Å²) in [7, 11) is 0. The van der Waals surface area contributed by atoms with Gasteiger partial charge in [0.2, 0.25) is 0 Å². The van der Waals surface area contributed by atoms with Crippen molar-refractivity contribution in [3.05, 3.63) is 64.8 Å². The van der Waals surface area contributed by atoms with Gasteiger partial charge in [-0.15, -0.1) is 11.3 Å². The Balaban J connectivity index is 1.83. The topological polar surface area (TPSA) is 54.9 Å². The standard InChI is InChI=1S/C17H15N3OS/c1-11-3-5-13(6-4-11)15-12(2)22-17(19-15)20-16(21)14-7-9-18-10-8-14/h3-10H,1-2H3,(H,19,20,21). The van der Waals surface area contributed by atoms with Gasteiger partial charge in [0.05, 0.1) is 5.69 Å². The number of rotatable bonds is 3. The minimum Gasteiger partial charge on any atom is -0.298 e. The van der Waals surface area contributed by atoms with Crippen LogP contribution < -0.4 is 5.32 Å². The smallest absolute Gasteiger partial charge is 0.257 e. The molecule has 1 N–H and O–H groups in total. The number of nitrogens with zero attached hydrogens (tertiary/aromatic N) is 2. The van der Waals surface area contributed by atoms with Crippen LogP contribution in [0.5, 0.6) is 0 Å². The van der Waals surface area contributed by atoms with E-state index in [-0.39, 0.29) is 5.91 Å². The van der Waals surface area contributed by atoms with E-state index < -0.39 is 0 Å². The molecule has 0 aliphatic rings. The lowest BCUT2D eigenvalue weighted by Gasteiger charge is -2.01. The number of carbonyl (C=O) groups excluding carboxylic acids is 1. The maximum absolute atomic E-state index is 12.1. The van der Waals surface area contributed by atoms with Crippen LogP contribution in [-0.2, 0) is 0 Å². The zero-order chi connectivity index (χ0) is 15.5. The Hall–Kier alpha value is -2.53. The highest BCUT2D eigenvalue weighted by molar-refractivity contribution is 7.16. The fourth-order valence-electron chi connectivity index (χ4n) is 2.10. The summed E-state index contributed by atoms with van der Waals surface area (Å²) < 4.78 is 0. The molecule has 2 heterocycles. The highest BCUT2D eigenvalue weighted by atomic mass is 32.1. The van der Waals surface area contributed by atoms with Crippen LogP contribution in [0, 0.1) is 13.8 Å². The number of carbonyl (C=O) groups is 1. The fraction of sp³-hybridized carbons (Fsp3) is 0.118. The lowest BCUT2D eigenvalue weighted by molar-refractivity contribution is 0.102. The van der Waals surface area contributed by atoms with Gasteiger partial charge >= 0.3 is 0 Å². The van der Waals surface area contributed by atoms with Crippen molar-refractivity contribution < 1.29 is 4.79 Å².